The van der Waals surface area contributed by atoms with E-state index in [0.717, 1.165) is 0 Å². The number of aliphatic hydroxyl groups is 1. The van der Waals surface area contributed by atoms with Crippen molar-refractivity contribution in [1.29, 1.82) is 0 Å². The molecule has 0 aliphatic rings. The molecule has 6 heteroatoms. The molecular weight excluding hydrogens is 212 g/mol. The van der Waals surface area contributed by atoms with Crippen LogP contribution in [0, 0.1) is 0 Å². The van der Waals surface area contributed by atoms with Gasteiger partial charge in [0, 0.05) is 5.56 Å². The molecule has 1 unspecified atom stereocenters. The van der Waals surface area contributed by atoms with E-state index in [0.29, 0.717) is 0 Å². The summed E-state index contributed by atoms with van der Waals surface area (Å²) in [7, 11) is 1.50. The molecule has 1 rings (SSSR count). The maximum Gasteiger partial charge on any atom is 0.350 e. The average Bonchev–Trinajstić information content (AvgIpc) is 2.31. The van der Waals surface area contributed by atoms with Crippen molar-refractivity contribution >= 4 is 11.9 Å². The zero-order chi connectivity index (χ0) is 12.8. The van der Waals surface area contributed by atoms with Gasteiger partial charge in [0.15, 0.2) is 0 Å². The summed E-state index contributed by atoms with van der Waals surface area (Å²) in [6.07, 6.45) is 0. The van der Waals surface area contributed by atoms with Gasteiger partial charge in [-0.2, -0.15) is 0 Å². The van der Waals surface area contributed by atoms with Crippen molar-refractivity contribution in [3.05, 3.63) is 35.9 Å². The molecule has 0 saturated carbocycles. The lowest BCUT2D eigenvalue weighted by Crippen LogP contribution is -2.47. The van der Waals surface area contributed by atoms with Crippen LogP contribution in [0.25, 0.3) is 0 Å². The van der Waals surface area contributed by atoms with Crippen LogP contribution in [0.3, 0.4) is 0 Å². The second kappa shape index (κ2) is 5.84. The Kier molecular flexibility index (Phi) is 5.14. The highest BCUT2D eigenvalue weighted by molar-refractivity contribution is 6.05. The van der Waals surface area contributed by atoms with E-state index in [-0.39, 0.29) is 5.56 Å². The largest absolute Gasteiger partial charge is 0.478 e. The van der Waals surface area contributed by atoms with E-state index < -0.39 is 17.5 Å². The van der Waals surface area contributed by atoms with Gasteiger partial charge < -0.3 is 21.7 Å². The second-order valence-electron chi connectivity index (χ2n) is 2.75. The van der Waals surface area contributed by atoms with Gasteiger partial charge in [-0.25, -0.2) is 4.79 Å². The highest BCUT2D eigenvalue weighted by Crippen LogP contribution is 2.20. The summed E-state index contributed by atoms with van der Waals surface area (Å²) in [6, 6.07) is 7.28. The summed E-state index contributed by atoms with van der Waals surface area (Å²) in [5, 5.41) is 18.3. The monoisotopic (exact) mass is 226 g/mol. The molecule has 6 N–H and O–H groups in total. The normalized spacial score (nSPS) is 12.9. The Bertz CT molecular complexity index is 350. The first-order valence-electron chi connectivity index (χ1n) is 4.38. The fourth-order valence-electron chi connectivity index (χ4n) is 1.05. The smallest absolute Gasteiger partial charge is 0.350 e. The lowest BCUT2D eigenvalue weighted by molar-refractivity contribution is -0.166. The van der Waals surface area contributed by atoms with Gasteiger partial charge in [-0.15, -0.1) is 0 Å². The van der Waals surface area contributed by atoms with Crippen molar-refractivity contribution in [2.75, 3.05) is 7.05 Å². The molecule has 0 aliphatic carbocycles. The SMILES string of the molecule is CN.NC(=O)C(O)(C(=O)O)c1ccccc1. The van der Waals surface area contributed by atoms with Crippen LogP contribution in [0.4, 0.5) is 0 Å². The molecule has 88 valence electrons. The van der Waals surface area contributed by atoms with Crippen LogP contribution in [-0.2, 0) is 15.2 Å². The molecule has 1 aromatic rings. The zero-order valence-electron chi connectivity index (χ0n) is 8.75. The molecule has 0 radical (unpaired) electrons. The maximum absolute atomic E-state index is 10.9. The summed E-state index contributed by atoms with van der Waals surface area (Å²) in [4.78, 5) is 21.6. The molecule has 6 nitrogen and oxygen atoms in total. The first-order chi connectivity index (χ1) is 7.49. The standard InChI is InChI=1S/C9H9NO4.CH5N/c10-7(11)9(14,8(12)13)6-4-2-1-3-5-6;1-2/h1-5,14H,(H2,10,11)(H,12,13);2H2,1H3. The van der Waals surface area contributed by atoms with Crippen molar-refractivity contribution < 1.29 is 19.8 Å². The highest BCUT2D eigenvalue weighted by Gasteiger charge is 2.44. The number of hydrogen-bond donors (Lipinski definition) is 4. The lowest BCUT2D eigenvalue weighted by Gasteiger charge is -2.19. The van der Waals surface area contributed by atoms with Crippen molar-refractivity contribution in [1.82, 2.24) is 0 Å². The Morgan fingerprint density at radius 2 is 1.62 bits per heavy atom. The fraction of sp³-hybridized carbons (Fsp3) is 0.200. The summed E-state index contributed by atoms with van der Waals surface area (Å²) in [6.45, 7) is 0. The van der Waals surface area contributed by atoms with Crippen LogP contribution < -0.4 is 11.5 Å². The van der Waals surface area contributed by atoms with E-state index in [9.17, 15) is 14.7 Å². The molecular formula is C10H14N2O4. The Balaban J connectivity index is 0.00000106. The molecule has 0 spiro atoms. The quantitative estimate of drug-likeness (QED) is 0.492. The van der Waals surface area contributed by atoms with Crippen molar-refractivity contribution in [2.24, 2.45) is 11.5 Å². The minimum Gasteiger partial charge on any atom is -0.478 e. The Morgan fingerprint density at radius 3 is 1.94 bits per heavy atom. The molecule has 0 aromatic heterocycles. The molecule has 16 heavy (non-hydrogen) atoms. The number of carboxylic acid groups (broad SMARTS) is 1. The number of carbonyl (C=O) groups is 2. The molecule has 1 aromatic carbocycles. The number of benzene rings is 1. The van der Waals surface area contributed by atoms with Crippen LogP contribution in [0.15, 0.2) is 30.3 Å². The first-order valence-corrected chi connectivity index (χ1v) is 4.38. The topological polar surface area (TPSA) is 127 Å². The molecule has 1 amide bonds. The summed E-state index contributed by atoms with van der Waals surface area (Å²) < 4.78 is 0. The van der Waals surface area contributed by atoms with Crippen LogP contribution in [0.1, 0.15) is 5.56 Å². The predicted molar refractivity (Wildman–Crippen MR) is 57.3 cm³/mol. The lowest BCUT2D eigenvalue weighted by atomic mass is 9.93. The molecule has 0 heterocycles. The van der Waals surface area contributed by atoms with E-state index >= 15 is 0 Å². The molecule has 0 bridgehead atoms. The number of hydrogen-bond acceptors (Lipinski definition) is 4. The van der Waals surface area contributed by atoms with E-state index in [4.69, 9.17) is 10.8 Å². The van der Waals surface area contributed by atoms with E-state index in [1.165, 1.54) is 31.3 Å². The molecule has 0 fully saturated rings. The van der Waals surface area contributed by atoms with Gasteiger partial charge in [-0.05, 0) is 7.05 Å². The number of amides is 1. The maximum atomic E-state index is 10.9. The third-order valence-corrected chi connectivity index (χ3v) is 1.86. The third kappa shape index (κ3) is 2.56. The minimum atomic E-state index is -2.65. The van der Waals surface area contributed by atoms with Crippen LogP contribution in [-0.4, -0.2) is 29.1 Å². The number of carbonyl (C=O) groups excluding carboxylic acids is 1. The second-order valence-corrected chi connectivity index (χ2v) is 2.75. The fourth-order valence-corrected chi connectivity index (χ4v) is 1.05. The van der Waals surface area contributed by atoms with Crippen molar-refractivity contribution in [3.8, 4) is 0 Å². The van der Waals surface area contributed by atoms with E-state index in [1.54, 1.807) is 6.07 Å². The molecule has 1 atom stereocenters. The summed E-state index contributed by atoms with van der Waals surface area (Å²) in [5.74, 6) is -2.99. The van der Waals surface area contributed by atoms with Crippen LogP contribution >= 0.6 is 0 Å². The van der Waals surface area contributed by atoms with Crippen LogP contribution in [0.5, 0.6) is 0 Å². The summed E-state index contributed by atoms with van der Waals surface area (Å²) in [5.41, 5.74) is 6.63. The number of carboxylic acids is 1. The first kappa shape index (κ1) is 14.1. The minimum absolute atomic E-state index is 0.0556. The van der Waals surface area contributed by atoms with Gasteiger partial charge >= 0.3 is 5.97 Å². The van der Waals surface area contributed by atoms with Crippen LogP contribution in [0.2, 0.25) is 0 Å². The van der Waals surface area contributed by atoms with Gasteiger partial charge in [0.25, 0.3) is 11.5 Å². The van der Waals surface area contributed by atoms with Gasteiger partial charge in [-0.1, -0.05) is 30.3 Å². The Morgan fingerprint density at radius 1 is 1.19 bits per heavy atom. The van der Waals surface area contributed by atoms with E-state index in [1.807, 2.05) is 0 Å². The number of nitrogens with two attached hydrogens (primary N) is 2. The number of primary amides is 1. The van der Waals surface area contributed by atoms with E-state index in [2.05, 4.69) is 5.73 Å². The molecule has 0 saturated heterocycles. The number of aliphatic carboxylic acids is 1. The zero-order valence-corrected chi connectivity index (χ0v) is 8.75. The average molecular weight is 226 g/mol. The number of rotatable bonds is 3. The Hall–Kier alpha value is -1.92. The predicted octanol–water partition coefficient (Wildman–Crippen LogP) is -0.981. The van der Waals surface area contributed by atoms with Crippen molar-refractivity contribution in [2.45, 2.75) is 5.60 Å². The van der Waals surface area contributed by atoms with Gasteiger partial charge in [0.2, 0.25) is 0 Å². The summed E-state index contributed by atoms with van der Waals surface area (Å²) >= 11 is 0. The van der Waals surface area contributed by atoms with Gasteiger partial charge in [0.1, 0.15) is 0 Å². The Labute approximate surface area is 92.5 Å². The molecule has 0 aliphatic heterocycles. The van der Waals surface area contributed by atoms with Crippen molar-refractivity contribution in [3.63, 3.8) is 0 Å². The van der Waals surface area contributed by atoms with Gasteiger partial charge in [-0.3, -0.25) is 4.79 Å². The van der Waals surface area contributed by atoms with Gasteiger partial charge in [0.05, 0.1) is 0 Å². The third-order valence-electron chi connectivity index (χ3n) is 1.86. The highest BCUT2D eigenvalue weighted by atomic mass is 16.4.